The summed E-state index contributed by atoms with van der Waals surface area (Å²) >= 11 is 0. The molecule has 2 nitrogen and oxygen atoms in total. The van der Waals surface area contributed by atoms with Gasteiger partial charge in [-0.2, -0.15) is 0 Å². The number of aliphatic hydroxyl groups is 1. The second-order valence-corrected chi connectivity index (χ2v) is 4.55. The Kier molecular flexibility index (Phi) is 4.17. The van der Waals surface area contributed by atoms with Crippen molar-refractivity contribution in [2.75, 3.05) is 11.9 Å². The van der Waals surface area contributed by atoms with Crippen LogP contribution in [0.1, 0.15) is 25.0 Å². The summed E-state index contributed by atoms with van der Waals surface area (Å²) in [6, 6.07) is 14.1. The van der Waals surface area contributed by atoms with Gasteiger partial charge in [0.1, 0.15) is 5.82 Å². The van der Waals surface area contributed by atoms with Crippen molar-refractivity contribution in [1.82, 2.24) is 0 Å². The number of anilines is 2. The maximum absolute atomic E-state index is 12.9. The summed E-state index contributed by atoms with van der Waals surface area (Å²) in [6.45, 7) is 1.95. The summed E-state index contributed by atoms with van der Waals surface area (Å²) in [6.07, 6.45) is 0.290. The van der Waals surface area contributed by atoms with Gasteiger partial charge in [0.05, 0.1) is 6.10 Å². The zero-order valence-electron chi connectivity index (χ0n) is 11.2. The van der Waals surface area contributed by atoms with E-state index in [1.165, 1.54) is 12.1 Å². The van der Waals surface area contributed by atoms with E-state index >= 15 is 0 Å². The molecular weight excluding hydrogens is 241 g/mol. The summed E-state index contributed by atoms with van der Waals surface area (Å²) in [5.41, 5.74) is 2.84. The van der Waals surface area contributed by atoms with Gasteiger partial charge in [-0.15, -0.1) is 0 Å². The Morgan fingerprint density at radius 2 is 1.47 bits per heavy atom. The van der Waals surface area contributed by atoms with Crippen LogP contribution < -0.4 is 4.90 Å². The fourth-order valence-electron chi connectivity index (χ4n) is 1.97. The maximum Gasteiger partial charge on any atom is 0.123 e. The SMILES string of the molecule is CC[C@@H](O)c1ccc(N(C)c2ccc(F)cc2)cc1. The van der Waals surface area contributed by atoms with Crippen LogP contribution in [0.15, 0.2) is 48.5 Å². The minimum atomic E-state index is -0.412. The largest absolute Gasteiger partial charge is 0.388 e. The van der Waals surface area contributed by atoms with E-state index in [0.29, 0.717) is 6.42 Å². The standard InChI is InChI=1S/C16H18FNO/c1-3-16(19)12-4-8-14(9-5-12)18(2)15-10-6-13(17)7-11-15/h4-11,16,19H,3H2,1-2H3/t16-/m1/s1. The fourth-order valence-corrected chi connectivity index (χ4v) is 1.97. The van der Waals surface area contributed by atoms with Crippen molar-refractivity contribution in [3.8, 4) is 0 Å². The lowest BCUT2D eigenvalue weighted by Gasteiger charge is -2.20. The predicted molar refractivity (Wildman–Crippen MR) is 76.2 cm³/mol. The van der Waals surface area contributed by atoms with Crippen molar-refractivity contribution in [1.29, 1.82) is 0 Å². The zero-order valence-corrected chi connectivity index (χ0v) is 11.2. The number of benzene rings is 2. The van der Waals surface area contributed by atoms with Gasteiger partial charge in [0.15, 0.2) is 0 Å². The van der Waals surface area contributed by atoms with E-state index in [2.05, 4.69) is 0 Å². The van der Waals surface area contributed by atoms with E-state index < -0.39 is 6.10 Å². The Bertz CT molecular complexity index is 521. The van der Waals surface area contributed by atoms with E-state index in [4.69, 9.17) is 0 Å². The highest BCUT2D eigenvalue weighted by molar-refractivity contribution is 5.62. The molecule has 1 N–H and O–H groups in total. The normalized spacial score (nSPS) is 12.2. The number of hydrogen-bond acceptors (Lipinski definition) is 2. The van der Waals surface area contributed by atoms with Crippen molar-refractivity contribution >= 4 is 11.4 Å². The molecule has 19 heavy (non-hydrogen) atoms. The first kappa shape index (κ1) is 13.6. The minimum absolute atomic E-state index is 0.237. The van der Waals surface area contributed by atoms with Gasteiger partial charge in [-0.3, -0.25) is 0 Å². The average molecular weight is 259 g/mol. The quantitative estimate of drug-likeness (QED) is 0.895. The number of halogens is 1. The van der Waals surface area contributed by atoms with Crippen LogP contribution in [0.25, 0.3) is 0 Å². The van der Waals surface area contributed by atoms with E-state index in [-0.39, 0.29) is 5.82 Å². The highest BCUT2D eigenvalue weighted by Gasteiger charge is 2.07. The van der Waals surface area contributed by atoms with Gasteiger partial charge in [-0.1, -0.05) is 19.1 Å². The third-order valence-electron chi connectivity index (χ3n) is 3.27. The lowest BCUT2D eigenvalue weighted by atomic mass is 10.1. The Morgan fingerprint density at radius 3 is 1.95 bits per heavy atom. The monoisotopic (exact) mass is 259 g/mol. The second kappa shape index (κ2) is 5.85. The van der Waals surface area contributed by atoms with Crippen LogP contribution in [0.4, 0.5) is 15.8 Å². The van der Waals surface area contributed by atoms with Crippen molar-refractivity contribution in [3.63, 3.8) is 0 Å². The highest BCUT2D eigenvalue weighted by atomic mass is 19.1. The summed E-state index contributed by atoms with van der Waals surface area (Å²) in [4.78, 5) is 1.97. The number of rotatable bonds is 4. The molecule has 3 heteroatoms. The van der Waals surface area contributed by atoms with Crippen LogP contribution in [-0.2, 0) is 0 Å². The smallest absolute Gasteiger partial charge is 0.123 e. The molecule has 0 heterocycles. The summed E-state index contributed by atoms with van der Waals surface area (Å²) in [5, 5.41) is 9.75. The molecule has 0 saturated heterocycles. The highest BCUT2D eigenvalue weighted by Crippen LogP contribution is 2.25. The van der Waals surface area contributed by atoms with Crippen LogP contribution in [0.2, 0.25) is 0 Å². The Hall–Kier alpha value is -1.87. The lowest BCUT2D eigenvalue weighted by Crippen LogP contribution is -2.09. The first-order valence-corrected chi connectivity index (χ1v) is 6.39. The fraction of sp³-hybridized carbons (Fsp3) is 0.250. The topological polar surface area (TPSA) is 23.5 Å². The molecular formula is C16H18FNO. The average Bonchev–Trinajstić information content (AvgIpc) is 2.46. The lowest BCUT2D eigenvalue weighted by molar-refractivity contribution is 0.173. The minimum Gasteiger partial charge on any atom is -0.388 e. The molecule has 2 rings (SSSR count). The van der Waals surface area contributed by atoms with Crippen LogP contribution in [0.3, 0.4) is 0 Å². The van der Waals surface area contributed by atoms with Crippen molar-refractivity contribution in [3.05, 3.63) is 59.9 Å². The van der Waals surface area contributed by atoms with Crippen LogP contribution >= 0.6 is 0 Å². The van der Waals surface area contributed by atoms with E-state index in [9.17, 15) is 9.50 Å². The molecule has 0 aromatic heterocycles. The van der Waals surface area contributed by atoms with Crippen molar-refractivity contribution in [2.24, 2.45) is 0 Å². The van der Waals surface area contributed by atoms with Gasteiger partial charge in [-0.05, 0) is 48.4 Å². The summed E-state index contributed by atoms with van der Waals surface area (Å²) in [5.74, 6) is -0.237. The molecule has 0 saturated carbocycles. The van der Waals surface area contributed by atoms with Crippen molar-refractivity contribution in [2.45, 2.75) is 19.4 Å². The Morgan fingerprint density at radius 1 is 1.00 bits per heavy atom. The van der Waals surface area contributed by atoms with Gasteiger partial charge in [0, 0.05) is 18.4 Å². The summed E-state index contributed by atoms with van der Waals surface area (Å²) < 4.78 is 12.9. The molecule has 0 bridgehead atoms. The molecule has 2 aromatic carbocycles. The van der Waals surface area contributed by atoms with E-state index in [1.807, 2.05) is 43.1 Å². The molecule has 0 aliphatic rings. The van der Waals surface area contributed by atoms with Gasteiger partial charge in [0.2, 0.25) is 0 Å². The summed E-state index contributed by atoms with van der Waals surface area (Å²) in [7, 11) is 1.93. The molecule has 2 aromatic rings. The maximum atomic E-state index is 12.9. The molecule has 0 aliphatic carbocycles. The number of hydrogen-bond donors (Lipinski definition) is 1. The number of aliphatic hydroxyl groups excluding tert-OH is 1. The molecule has 1 atom stereocenters. The van der Waals surface area contributed by atoms with Crippen LogP contribution in [0, 0.1) is 5.82 Å². The Labute approximate surface area is 113 Å². The van der Waals surface area contributed by atoms with Gasteiger partial charge in [-0.25, -0.2) is 4.39 Å². The van der Waals surface area contributed by atoms with Gasteiger partial charge in [0.25, 0.3) is 0 Å². The third-order valence-corrected chi connectivity index (χ3v) is 3.27. The molecule has 100 valence electrons. The van der Waals surface area contributed by atoms with Crippen LogP contribution in [-0.4, -0.2) is 12.2 Å². The van der Waals surface area contributed by atoms with Gasteiger partial charge >= 0.3 is 0 Å². The first-order chi connectivity index (χ1) is 9.11. The van der Waals surface area contributed by atoms with E-state index in [0.717, 1.165) is 16.9 Å². The van der Waals surface area contributed by atoms with E-state index in [1.54, 1.807) is 12.1 Å². The molecule has 0 radical (unpaired) electrons. The Balaban J connectivity index is 2.19. The molecule has 0 spiro atoms. The van der Waals surface area contributed by atoms with Gasteiger partial charge < -0.3 is 10.0 Å². The molecule has 0 unspecified atom stereocenters. The van der Waals surface area contributed by atoms with Crippen molar-refractivity contribution < 1.29 is 9.50 Å². The molecule has 0 amide bonds. The van der Waals surface area contributed by atoms with Crippen LogP contribution in [0.5, 0.6) is 0 Å². The first-order valence-electron chi connectivity index (χ1n) is 6.39. The molecule has 0 fully saturated rings. The number of nitrogens with zero attached hydrogens (tertiary/aromatic N) is 1. The zero-order chi connectivity index (χ0) is 13.8. The third kappa shape index (κ3) is 3.12. The predicted octanol–water partition coefficient (Wildman–Crippen LogP) is 4.04. The molecule has 0 aliphatic heterocycles. The second-order valence-electron chi connectivity index (χ2n) is 4.55.